The van der Waals surface area contributed by atoms with Gasteiger partial charge >= 0.3 is 0 Å². The van der Waals surface area contributed by atoms with E-state index in [4.69, 9.17) is 5.11 Å². The number of carbonyl (C=O) groups excluding carboxylic acids is 1. The quantitative estimate of drug-likeness (QED) is 0.910. The lowest BCUT2D eigenvalue weighted by Gasteiger charge is -2.31. The van der Waals surface area contributed by atoms with Crippen molar-refractivity contribution in [1.82, 2.24) is 4.90 Å². The molecule has 0 spiro atoms. The molecule has 1 aliphatic heterocycles. The van der Waals surface area contributed by atoms with Gasteiger partial charge in [-0.15, -0.1) is 0 Å². The highest BCUT2D eigenvalue weighted by Crippen LogP contribution is 2.21. The predicted octanol–water partition coefficient (Wildman–Crippen LogP) is 2.43. The van der Waals surface area contributed by atoms with Crippen molar-refractivity contribution >= 4 is 21.8 Å². The van der Waals surface area contributed by atoms with Crippen LogP contribution in [0.3, 0.4) is 0 Å². The second-order valence-electron chi connectivity index (χ2n) is 4.58. The molecule has 0 radical (unpaired) electrons. The second-order valence-corrected chi connectivity index (χ2v) is 5.49. The minimum absolute atomic E-state index is 0.147. The number of amides is 1. The molecule has 1 aliphatic rings. The first kappa shape index (κ1) is 13.5. The number of hydrogen-bond acceptors (Lipinski definition) is 2. The Kier molecular flexibility index (Phi) is 4.35. The van der Waals surface area contributed by atoms with E-state index >= 15 is 0 Å². The van der Waals surface area contributed by atoms with Gasteiger partial charge in [0.25, 0.3) is 5.91 Å². The Morgan fingerprint density at radius 1 is 1.39 bits per heavy atom. The van der Waals surface area contributed by atoms with Gasteiger partial charge in [-0.1, -0.05) is 15.9 Å². The van der Waals surface area contributed by atoms with Crippen LogP contribution in [-0.4, -0.2) is 35.6 Å². The van der Waals surface area contributed by atoms with E-state index in [1.807, 2.05) is 0 Å². The zero-order chi connectivity index (χ0) is 13.1. The van der Waals surface area contributed by atoms with E-state index in [-0.39, 0.29) is 18.4 Å². The van der Waals surface area contributed by atoms with Gasteiger partial charge in [0.05, 0.1) is 0 Å². The number of aliphatic hydroxyl groups is 1. The standard InChI is InChI=1S/C13H15BrFNO2/c14-11-5-10(6-12(15)7-11)13(18)16-3-1-9(8-17)2-4-16/h5-7,9,17H,1-4,8H2. The molecular weight excluding hydrogens is 301 g/mol. The molecule has 0 saturated carbocycles. The van der Waals surface area contributed by atoms with Gasteiger partial charge in [-0.2, -0.15) is 0 Å². The molecule has 18 heavy (non-hydrogen) atoms. The lowest BCUT2D eigenvalue weighted by atomic mass is 9.97. The van der Waals surface area contributed by atoms with Crippen LogP contribution in [0.15, 0.2) is 22.7 Å². The average molecular weight is 316 g/mol. The lowest BCUT2D eigenvalue weighted by molar-refractivity contribution is 0.0650. The molecule has 1 fully saturated rings. The number of aliphatic hydroxyl groups excluding tert-OH is 1. The molecule has 98 valence electrons. The SMILES string of the molecule is O=C(c1cc(F)cc(Br)c1)N1CCC(CO)CC1. The molecule has 2 rings (SSSR count). The van der Waals surface area contributed by atoms with Crippen LogP contribution in [0, 0.1) is 11.7 Å². The molecule has 0 aliphatic carbocycles. The van der Waals surface area contributed by atoms with E-state index in [9.17, 15) is 9.18 Å². The Labute approximate surface area is 114 Å². The van der Waals surface area contributed by atoms with Gasteiger partial charge in [-0.05, 0) is 37.0 Å². The van der Waals surface area contributed by atoms with E-state index in [1.54, 1.807) is 11.0 Å². The van der Waals surface area contributed by atoms with Crippen molar-refractivity contribution < 1.29 is 14.3 Å². The molecule has 1 N–H and O–H groups in total. The highest BCUT2D eigenvalue weighted by molar-refractivity contribution is 9.10. The van der Waals surface area contributed by atoms with Crippen molar-refractivity contribution in [2.75, 3.05) is 19.7 Å². The molecular formula is C13H15BrFNO2. The van der Waals surface area contributed by atoms with Crippen molar-refractivity contribution in [2.24, 2.45) is 5.92 Å². The minimum atomic E-state index is -0.419. The fourth-order valence-electron chi connectivity index (χ4n) is 2.18. The summed E-state index contributed by atoms with van der Waals surface area (Å²) in [6.45, 7) is 1.42. The largest absolute Gasteiger partial charge is 0.396 e. The van der Waals surface area contributed by atoms with Crippen LogP contribution in [0.1, 0.15) is 23.2 Å². The Balaban J connectivity index is 2.07. The Morgan fingerprint density at radius 3 is 2.61 bits per heavy atom. The van der Waals surface area contributed by atoms with Crippen molar-refractivity contribution in [3.05, 3.63) is 34.1 Å². The predicted molar refractivity (Wildman–Crippen MR) is 69.8 cm³/mol. The molecule has 1 amide bonds. The maximum atomic E-state index is 13.2. The summed E-state index contributed by atoms with van der Waals surface area (Å²) >= 11 is 3.18. The van der Waals surface area contributed by atoms with Gasteiger partial charge in [0.2, 0.25) is 0 Å². The number of piperidine rings is 1. The number of carbonyl (C=O) groups is 1. The number of halogens is 2. The van der Waals surface area contributed by atoms with Crippen LogP contribution >= 0.6 is 15.9 Å². The van der Waals surface area contributed by atoms with Gasteiger partial charge in [-0.25, -0.2) is 4.39 Å². The molecule has 0 bridgehead atoms. The summed E-state index contributed by atoms with van der Waals surface area (Å²) in [6.07, 6.45) is 1.61. The molecule has 0 atom stereocenters. The molecule has 1 aromatic carbocycles. The van der Waals surface area contributed by atoms with E-state index in [0.29, 0.717) is 23.1 Å². The van der Waals surface area contributed by atoms with E-state index < -0.39 is 5.82 Å². The van der Waals surface area contributed by atoms with Crippen molar-refractivity contribution in [2.45, 2.75) is 12.8 Å². The normalized spacial score (nSPS) is 16.9. The minimum Gasteiger partial charge on any atom is -0.396 e. The van der Waals surface area contributed by atoms with Gasteiger partial charge < -0.3 is 10.0 Å². The Bertz CT molecular complexity index is 424. The third-order valence-electron chi connectivity index (χ3n) is 3.27. The van der Waals surface area contributed by atoms with Crippen molar-refractivity contribution in [1.29, 1.82) is 0 Å². The van der Waals surface area contributed by atoms with Gasteiger partial charge in [-0.3, -0.25) is 4.79 Å². The summed E-state index contributed by atoms with van der Waals surface area (Å²) in [5.41, 5.74) is 0.365. The van der Waals surface area contributed by atoms with Gasteiger partial charge in [0, 0.05) is 29.7 Å². The first-order valence-electron chi connectivity index (χ1n) is 5.96. The molecule has 1 heterocycles. The van der Waals surface area contributed by atoms with Crippen LogP contribution in [0.2, 0.25) is 0 Å². The zero-order valence-electron chi connectivity index (χ0n) is 9.90. The molecule has 5 heteroatoms. The average Bonchev–Trinajstić information content (AvgIpc) is 2.37. The van der Waals surface area contributed by atoms with E-state index in [0.717, 1.165) is 12.8 Å². The number of benzene rings is 1. The molecule has 0 unspecified atom stereocenters. The molecule has 0 aromatic heterocycles. The third kappa shape index (κ3) is 3.09. The number of likely N-dealkylation sites (tertiary alicyclic amines) is 1. The summed E-state index contributed by atoms with van der Waals surface area (Å²) < 4.78 is 13.8. The summed E-state index contributed by atoms with van der Waals surface area (Å²) in [6, 6.07) is 4.21. The third-order valence-corrected chi connectivity index (χ3v) is 3.73. The first-order valence-corrected chi connectivity index (χ1v) is 6.75. The fourth-order valence-corrected chi connectivity index (χ4v) is 2.64. The van der Waals surface area contributed by atoms with Crippen LogP contribution in [0.4, 0.5) is 4.39 Å². The summed E-state index contributed by atoms with van der Waals surface area (Å²) in [5.74, 6) is -0.280. The summed E-state index contributed by atoms with van der Waals surface area (Å²) in [4.78, 5) is 13.9. The molecule has 3 nitrogen and oxygen atoms in total. The van der Waals surface area contributed by atoms with Crippen LogP contribution in [-0.2, 0) is 0 Å². The topological polar surface area (TPSA) is 40.5 Å². The maximum Gasteiger partial charge on any atom is 0.253 e. The number of nitrogens with zero attached hydrogens (tertiary/aromatic N) is 1. The molecule has 1 aromatic rings. The monoisotopic (exact) mass is 315 g/mol. The van der Waals surface area contributed by atoms with Crippen LogP contribution in [0.25, 0.3) is 0 Å². The van der Waals surface area contributed by atoms with E-state index in [1.165, 1.54) is 12.1 Å². The fraction of sp³-hybridized carbons (Fsp3) is 0.462. The molecule has 1 saturated heterocycles. The smallest absolute Gasteiger partial charge is 0.253 e. The Hall–Kier alpha value is -0.940. The van der Waals surface area contributed by atoms with Crippen LogP contribution in [0.5, 0.6) is 0 Å². The van der Waals surface area contributed by atoms with E-state index in [2.05, 4.69) is 15.9 Å². The van der Waals surface area contributed by atoms with Gasteiger partial charge in [0.1, 0.15) is 5.82 Å². The Morgan fingerprint density at radius 2 is 2.06 bits per heavy atom. The highest BCUT2D eigenvalue weighted by atomic mass is 79.9. The van der Waals surface area contributed by atoms with Crippen molar-refractivity contribution in [3.63, 3.8) is 0 Å². The maximum absolute atomic E-state index is 13.2. The summed E-state index contributed by atoms with van der Waals surface area (Å²) in [7, 11) is 0. The highest BCUT2D eigenvalue weighted by Gasteiger charge is 2.23. The second kappa shape index (κ2) is 5.80. The number of rotatable bonds is 2. The van der Waals surface area contributed by atoms with Crippen molar-refractivity contribution in [3.8, 4) is 0 Å². The zero-order valence-corrected chi connectivity index (χ0v) is 11.5. The number of hydrogen-bond donors (Lipinski definition) is 1. The van der Waals surface area contributed by atoms with Gasteiger partial charge in [0.15, 0.2) is 0 Å². The summed E-state index contributed by atoms with van der Waals surface area (Å²) in [5, 5.41) is 9.05. The lowest BCUT2D eigenvalue weighted by Crippen LogP contribution is -2.39. The first-order chi connectivity index (χ1) is 8.60. The van der Waals surface area contributed by atoms with Crippen LogP contribution < -0.4 is 0 Å².